The first-order valence-electron chi connectivity index (χ1n) is 6.20. The minimum absolute atomic E-state index is 0.263. The van der Waals surface area contributed by atoms with Gasteiger partial charge in [-0.05, 0) is 24.8 Å². The summed E-state index contributed by atoms with van der Waals surface area (Å²) in [4.78, 5) is 0.263. The van der Waals surface area contributed by atoms with Crippen LogP contribution in [-0.2, 0) is 4.74 Å². The maximum atomic E-state index is 5.55. The molecule has 0 saturated carbocycles. The van der Waals surface area contributed by atoms with Crippen LogP contribution in [0, 0.1) is 5.92 Å². The van der Waals surface area contributed by atoms with E-state index >= 15 is 0 Å². The van der Waals surface area contributed by atoms with Crippen molar-refractivity contribution < 1.29 is 14.2 Å². The molecule has 0 bridgehead atoms. The van der Waals surface area contributed by atoms with Crippen molar-refractivity contribution in [1.82, 2.24) is 0 Å². The lowest BCUT2D eigenvalue weighted by molar-refractivity contribution is 0.0544. The Morgan fingerprint density at radius 1 is 1.33 bits per heavy atom. The van der Waals surface area contributed by atoms with Crippen LogP contribution in [0.25, 0.3) is 0 Å². The molecular weight excluding hydrogens is 296 g/mol. The quantitative estimate of drug-likeness (QED) is 0.795. The van der Waals surface area contributed by atoms with Gasteiger partial charge in [-0.25, -0.2) is 0 Å². The summed E-state index contributed by atoms with van der Waals surface area (Å²) in [6, 6.07) is 5.95. The van der Waals surface area contributed by atoms with Gasteiger partial charge in [0, 0.05) is 23.1 Å². The standard InChI is InChI=1S/C14H19BrO3/c1-16-11-5-6-12(13(8-11)17-2)14(15)10-4-3-7-18-9-10/h5-6,8,10,14H,3-4,7,9H2,1-2H3. The second kappa shape index (κ2) is 6.43. The molecule has 2 unspecified atom stereocenters. The summed E-state index contributed by atoms with van der Waals surface area (Å²) in [5, 5.41) is 0. The second-order valence-corrected chi connectivity index (χ2v) is 5.47. The summed E-state index contributed by atoms with van der Waals surface area (Å²) >= 11 is 3.78. The van der Waals surface area contributed by atoms with E-state index in [2.05, 4.69) is 22.0 Å². The maximum Gasteiger partial charge on any atom is 0.126 e. The summed E-state index contributed by atoms with van der Waals surface area (Å²) in [7, 11) is 3.35. The molecule has 100 valence electrons. The third kappa shape index (κ3) is 2.98. The first-order valence-corrected chi connectivity index (χ1v) is 7.11. The number of halogens is 1. The van der Waals surface area contributed by atoms with Crippen molar-refractivity contribution in [3.63, 3.8) is 0 Å². The molecule has 0 N–H and O–H groups in total. The molecule has 3 nitrogen and oxygen atoms in total. The summed E-state index contributed by atoms with van der Waals surface area (Å²) in [5.74, 6) is 2.18. The number of hydrogen-bond acceptors (Lipinski definition) is 3. The van der Waals surface area contributed by atoms with Crippen LogP contribution in [0.5, 0.6) is 11.5 Å². The third-order valence-corrected chi connectivity index (χ3v) is 4.59. The van der Waals surface area contributed by atoms with Crippen LogP contribution < -0.4 is 9.47 Å². The molecule has 0 radical (unpaired) electrons. The first-order chi connectivity index (χ1) is 8.76. The molecule has 0 aliphatic carbocycles. The molecule has 1 saturated heterocycles. The molecular formula is C14H19BrO3. The largest absolute Gasteiger partial charge is 0.497 e. The van der Waals surface area contributed by atoms with Gasteiger partial charge in [0.05, 0.1) is 20.8 Å². The summed E-state index contributed by atoms with van der Waals surface area (Å²) < 4.78 is 16.2. The van der Waals surface area contributed by atoms with Crippen molar-refractivity contribution in [3.8, 4) is 11.5 Å². The highest BCUT2D eigenvalue weighted by molar-refractivity contribution is 9.09. The van der Waals surface area contributed by atoms with Gasteiger partial charge in [-0.15, -0.1) is 0 Å². The highest BCUT2D eigenvalue weighted by Gasteiger charge is 2.25. The Balaban J connectivity index is 2.20. The lowest BCUT2D eigenvalue weighted by Crippen LogP contribution is -2.21. The molecule has 1 aliphatic heterocycles. The van der Waals surface area contributed by atoms with Gasteiger partial charge < -0.3 is 14.2 Å². The van der Waals surface area contributed by atoms with Crippen LogP contribution in [0.3, 0.4) is 0 Å². The predicted octanol–water partition coefficient (Wildman–Crippen LogP) is 3.57. The summed E-state index contributed by atoms with van der Waals surface area (Å²) in [5.41, 5.74) is 1.16. The van der Waals surface area contributed by atoms with Gasteiger partial charge in [0.15, 0.2) is 0 Å². The van der Waals surface area contributed by atoms with E-state index in [9.17, 15) is 0 Å². The number of benzene rings is 1. The fourth-order valence-electron chi connectivity index (χ4n) is 2.30. The first kappa shape index (κ1) is 13.7. The van der Waals surface area contributed by atoms with E-state index in [0.29, 0.717) is 5.92 Å². The van der Waals surface area contributed by atoms with Gasteiger partial charge in [0.2, 0.25) is 0 Å². The number of rotatable bonds is 4. The van der Waals surface area contributed by atoms with E-state index in [1.807, 2.05) is 12.1 Å². The zero-order valence-electron chi connectivity index (χ0n) is 10.8. The lowest BCUT2D eigenvalue weighted by atomic mass is 9.93. The fourth-order valence-corrected chi connectivity index (χ4v) is 3.09. The number of ether oxygens (including phenoxy) is 3. The Hall–Kier alpha value is -0.740. The van der Waals surface area contributed by atoms with Crippen LogP contribution >= 0.6 is 15.9 Å². The SMILES string of the molecule is COc1ccc(C(Br)C2CCCOC2)c(OC)c1. The van der Waals surface area contributed by atoms with Crippen LogP contribution in [0.1, 0.15) is 23.2 Å². The summed E-state index contributed by atoms with van der Waals surface area (Å²) in [6.45, 7) is 1.70. The molecule has 1 aliphatic rings. The highest BCUT2D eigenvalue weighted by Crippen LogP contribution is 2.41. The van der Waals surface area contributed by atoms with Crippen LogP contribution in [0.4, 0.5) is 0 Å². The average molecular weight is 315 g/mol. The molecule has 0 aromatic heterocycles. The third-order valence-electron chi connectivity index (χ3n) is 3.35. The number of methoxy groups -OCH3 is 2. The van der Waals surface area contributed by atoms with Crippen molar-refractivity contribution in [2.45, 2.75) is 17.7 Å². The smallest absolute Gasteiger partial charge is 0.126 e. The Morgan fingerprint density at radius 2 is 2.17 bits per heavy atom. The molecule has 1 aromatic carbocycles. The normalized spacial score (nSPS) is 21.4. The van der Waals surface area contributed by atoms with Crippen molar-refractivity contribution in [2.75, 3.05) is 27.4 Å². The molecule has 2 rings (SSSR count). The number of alkyl halides is 1. The Labute approximate surface area is 117 Å². The minimum Gasteiger partial charge on any atom is -0.497 e. The van der Waals surface area contributed by atoms with Crippen molar-refractivity contribution >= 4 is 15.9 Å². The van der Waals surface area contributed by atoms with E-state index in [-0.39, 0.29) is 4.83 Å². The second-order valence-electron chi connectivity index (χ2n) is 4.49. The van der Waals surface area contributed by atoms with Gasteiger partial charge in [-0.3, -0.25) is 0 Å². The highest BCUT2D eigenvalue weighted by atomic mass is 79.9. The zero-order chi connectivity index (χ0) is 13.0. The zero-order valence-corrected chi connectivity index (χ0v) is 12.4. The van der Waals surface area contributed by atoms with E-state index in [4.69, 9.17) is 14.2 Å². The van der Waals surface area contributed by atoms with E-state index in [1.165, 1.54) is 6.42 Å². The minimum atomic E-state index is 0.263. The molecule has 18 heavy (non-hydrogen) atoms. The fraction of sp³-hybridized carbons (Fsp3) is 0.571. The van der Waals surface area contributed by atoms with Gasteiger partial charge in [0.1, 0.15) is 11.5 Å². The molecule has 1 fully saturated rings. The molecule has 4 heteroatoms. The summed E-state index contributed by atoms with van der Waals surface area (Å²) in [6.07, 6.45) is 2.32. The van der Waals surface area contributed by atoms with Gasteiger partial charge in [-0.2, -0.15) is 0 Å². The topological polar surface area (TPSA) is 27.7 Å². The van der Waals surface area contributed by atoms with Gasteiger partial charge in [-0.1, -0.05) is 22.0 Å². The molecule has 0 spiro atoms. The molecule has 1 aromatic rings. The van der Waals surface area contributed by atoms with Crippen molar-refractivity contribution in [1.29, 1.82) is 0 Å². The van der Waals surface area contributed by atoms with Gasteiger partial charge >= 0.3 is 0 Å². The predicted molar refractivity (Wildman–Crippen MR) is 74.8 cm³/mol. The number of hydrogen-bond donors (Lipinski definition) is 0. The van der Waals surface area contributed by atoms with Crippen molar-refractivity contribution in [2.24, 2.45) is 5.92 Å². The van der Waals surface area contributed by atoms with Crippen LogP contribution in [-0.4, -0.2) is 27.4 Å². The Bertz CT molecular complexity index is 389. The lowest BCUT2D eigenvalue weighted by Gasteiger charge is -2.27. The van der Waals surface area contributed by atoms with E-state index < -0.39 is 0 Å². The Morgan fingerprint density at radius 3 is 2.78 bits per heavy atom. The molecule has 2 atom stereocenters. The van der Waals surface area contributed by atoms with E-state index in [0.717, 1.165) is 36.7 Å². The average Bonchev–Trinajstić information content (AvgIpc) is 2.46. The van der Waals surface area contributed by atoms with Gasteiger partial charge in [0.25, 0.3) is 0 Å². The van der Waals surface area contributed by atoms with Crippen LogP contribution in [0.2, 0.25) is 0 Å². The molecule has 1 heterocycles. The van der Waals surface area contributed by atoms with E-state index in [1.54, 1.807) is 14.2 Å². The Kier molecular flexibility index (Phi) is 4.89. The molecule has 0 amide bonds. The van der Waals surface area contributed by atoms with Crippen molar-refractivity contribution in [3.05, 3.63) is 23.8 Å². The van der Waals surface area contributed by atoms with Crippen LogP contribution in [0.15, 0.2) is 18.2 Å². The maximum absolute atomic E-state index is 5.55. The monoisotopic (exact) mass is 314 g/mol.